The highest BCUT2D eigenvalue weighted by Gasteiger charge is 2.04. The Labute approximate surface area is 111 Å². The van der Waals surface area contributed by atoms with E-state index < -0.39 is 0 Å². The second-order valence-corrected chi connectivity index (χ2v) is 5.21. The van der Waals surface area contributed by atoms with Gasteiger partial charge in [0, 0.05) is 12.6 Å². The molecule has 0 amide bonds. The first-order valence-electron chi connectivity index (χ1n) is 6.71. The van der Waals surface area contributed by atoms with Gasteiger partial charge in [-0.15, -0.1) is 0 Å². The van der Waals surface area contributed by atoms with Crippen molar-refractivity contribution in [3.8, 4) is 5.75 Å². The predicted molar refractivity (Wildman–Crippen MR) is 76.7 cm³/mol. The van der Waals surface area contributed by atoms with Crippen LogP contribution in [0.25, 0.3) is 0 Å². The van der Waals surface area contributed by atoms with Gasteiger partial charge >= 0.3 is 0 Å². The van der Waals surface area contributed by atoms with Gasteiger partial charge in [-0.05, 0) is 43.0 Å². The Balaban J connectivity index is 2.21. The van der Waals surface area contributed by atoms with Crippen molar-refractivity contribution >= 4 is 0 Å². The summed E-state index contributed by atoms with van der Waals surface area (Å²) in [7, 11) is 1.69. The van der Waals surface area contributed by atoms with Gasteiger partial charge in [0.15, 0.2) is 0 Å². The fraction of sp³-hybridized carbons (Fsp3) is 0.600. The van der Waals surface area contributed by atoms with E-state index in [0.717, 1.165) is 31.7 Å². The van der Waals surface area contributed by atoms with Gasteiger partial charge in [0.05, 0.1) is 7.11 Å². The third kappa shape index (κ3) is 6.03. The molecular formula is C15H26N2O. The molecule has 0 bridgehead atoms. The van der Waals surface area contributed by atoms with Crippen LogP contribution in [0, 0.1) is 5.92 Å². The highest BCUT2D eigenvalue weighted by atomic mass is 16.5. The zero-order chi connectivity index (χ0) is 13.4. The molecule has 18 heavy (non-hydrogen) atoms. The molecule has 3 heteroatoms. The van der Waals surface area contributed by atoms with E-state index in [2.05, 4.69) is 31.3 Å². The molecule has 1 aromatic carbocycles. The number of nitrogens with one attached hydrogen (secondary N) is 1. The molecule has 0 saturated carbocycles. The van der Waals surface area contributed by atoms with Crippen LogP contribution in [0.2, 0.25) is 0 Å². The molecule has 0 aliphatic heterocycles. The Hall–Kier alpha value is -1.06. The van der Waals surface area contributed by atoms with Crippen LogP contribution < -0.4 is 15.8 Å². The SMILES string of the molecule is COc1cccc(CNCC[C@H](N)CC(C)C)c1. The minimum atomic E-state index is 0.308. The van der Waals surface area contributed by atoms with Crippen LogP contribution in [0.1, 0.15) is 32.3 Å². The van der Waals surface area contributed by atoms with E-state index in [1.54, 1.807) is 7.11 Å². The van der Waals surface area contributed by atoms with Crippen LogP contribution >= 0.6 is 0 Å². The Morgan fingerprint density at radius 3 is 2.78 bits per heavy atom. The average molecular weight is 250 g/mol. The van der Waals surface area contributed by atoms with Gasteiger partial charge in [-0.25, -0.2) is 0 Å². The Morgan fingerprint density at radius 1 is 1.33 bits per heavy atom. The Bertz CT molecular complexity index is 339. The third-order valence-electron chi connectivity index (χ3n) is 2.93. The van der Waals surface area contributed by atoms with Gasteiger partial charge in [0.2, 0.25) is 0 Å². The fourth-order valence-corrected chi connectivity index (χ4v) is 2.03. The van der Waals surface area contributed by atoms with Gasteiger partial charge < -0.3 is 15.8 Å². The van der Waals surface area contributed by atoms with Crippen molar-refractivity contribution in [2.75, 3.05) is 13.7 Å². The summed E-state index contributed by atoms with van der Waals surface area (Å²) in [5, 5.41) is 3.42. The van der Waals surface area contributed by atoms with Gasteiger partial charge in [0.1, 0.15) is 5.75 Å². The lowest BCUT2D eigenvalue weighted by molar-refractivity contribution is 0.414. The van der Waals surface area contributed by atoms with Gasteiger partial charge in [-0.3, -0.25) is 0 Å². The van der Waals surface area contributed by atoms with E-state index in [9.17, 15) is 0 Å². The summed E-state index contributed by atoms with van der Waals surface area (Å²) in [6, 6.07) is 8.44. The lowest BCUT2D eigenvalue weighted by Crippen LogP contribution is -2.27. The zero-order valence-electron chi connectivity index (χ0n) is 11.8. The molecule has 0 heterocycles. The zero-order valence-corrected chi connectivity index (χ0v) is 11.8. The number of hydrogen-bond acceptors (Lipinski definition) is 3. The van der Waals surface area contributed by atoms with E-state index in [4.69, 9.17) is 10.5 Å². The van der Waals surface area contributed by atoms with Gasteiger partial charge in [0.25, 0.3) is 0 Å². The maximum absolute atomic E-state index is 6.04. The normalized spacial score (nSPS) is 12.7. The van der Waals surface area contributed by atoms with Gasteiger partial charge in [-0.1, -0.05) is 26.0 Å². The van der Waals surface area contributed by atoms with Crippen LogP contribution in [0.15, 0.2) is 24.3 Å². The number of methoxy groups -OCH3 is 1. The van der Waals surface area contributed by atoms with Gasteiger partial charge in [-0.2, -0.15) is 0 Å². The minimum absolute atomic E-state index is 0.308. The van der Waals surface area contributed by atoms with Crippen molar-refractivity contribution in [3.63, 3.8) is 0 Å². The summed E-state index contributed by atoms with van der Waals surface area (Å²) < 4.78 is 5.20. The van der Waals surface area contributed by atoms with Crippen molar-refractivity contribution < 1.29 is 4.74 Å². The maximum Gasteiger partial charge on any atom is 0.119 e. The molecule has 0 fully saturated rings. The van der Waals surface area contributed by atoms with E-state index in [-0.39, 0.29) is 0 Å². The van der Waals surface area contributed by atoms with Crippen LogP contribution in [-0.2, 0) is 6.54 Å². The summed E-state index contributed by atoms with van der Waals surface area (Å²) in [6.07, 6.45) is 2.13. The lowest BCUT2D eigenvalue weighted by Gasteiger charge is -2.14. The first kappa shape index (κ1) is 15.0. The first-order chi connectivity index (χ1) is 8.61. The smallest absolute Gasteiger partial charge is 0.119 e. The van der Waals surface area contributed by atoms with Crippen LogP contribution in [-0.4, -0.2) is 19.7 Å². The molecule has 0 radical (unpaired) electrons. The van der Waals surface area contributed by atoms with E-state index in [1.807, 2.05) is 12.1 Å². The standard InChI is InChI=1S/C15H26N2O/c1-12(2)9-14(16)7-8-17-11-13-5-4-6-15(10-13)18-3/h4-6,10,12,14,17H,7-9,11,16H2,1-3H3/t14-/m0/s1. The van der Waals surface area contributed by atoms with Crippen LogP contribution in [0.3, 0.4) is 0 Å². The molecule has 1 rings (SSSR count). The summed E-state index contributed by atoms with van der Waals surface area (Å²) in [6.45, 7) is 6.25. The molecule has 0 unspecified atom stereocenters. The summed E-state index contributed by atoms with van der Waals surface area (Å²) in [5.74, 6) is 1.59. The second kappa shape index (κ2) is 8.11. The highest BCUT2D eigenvalue weighted by molar-refractivity contribution is 5.28. The largest absolute Gasteiger partial charge is 0.497 e. The van der Waals surface area contributed by atoms with Crippen LogP contribution in [0.4, 0.5) is 0 Å². The topological polar surface area (TPSA) is 47.3 Å². The minimum Gasteiger partial charge on any atom is -0.497 e. The fourth-order valence-electron chi connectivity index (χ4n) is 2.03. The predicted octanol–water partition coefficient (Wildman–Crippen LogP) is 2.55. The summed E-state index contributed by atoms with van der Waals surface area (Å²) in [5.41, 5.74) is 7.28. The monoisotopic (exact) mass is 250 g/mol. The van der Waals surface area contributed by atoms with Crippen molar-refractivity contribution in [3.05, 3.63) is 29.8 Å². The number of rotatable bonds is 8. The number of hydrogen-bond donors (Lipinski definition) is 2. The molecule has 0 saturated heterocycles. The second-order valence-electron chi connectivity index (χ2n) is 5.21. The summed E-state index contributed by atoms with van der Waals surface area (Å²) in [4.78, 5) is 0. The molecule has 0 spiro atoms. The first-order valence-corrected chi connectivity index (χ1v) is 6.71. The van der Waals surface area contributed by atoms with Crippen molar-refractivity contribution in [2.45, 2.75) is 39.3 Å². The number of nitrogens with two attached hydrogens (primary N) is 1. The Kier molecular flexibility index (Phi) is 6.76. The average Bonchev–Trinajstić information content (AvgIpc) is 2.34. The molecule has 0 aromatic heterocycles. The molecule has 102 valence electrons. The van der Waals surface area contributed by atoms with E-state index in [1.165, 1.54) is 5.56 Å². The molecular weight excluding hydrogens is 224 g/mol. The molecule has 1 aromatic rings. The van der Waals surface area contributed by atoms with Crippen molar-refractivity contribution in [1.29, 1.82) is 0 Å². The quantitative estimate of drug-likeness (QED) is 0.697. The van der Waals surface area contributed by atoms with E-state index in [0.29, 0.717) is 12.0 Å². The maximum atomic E-state index is 6.04. The number of ether oxygens (including phenoxy) is 1. The molecule has 0 aliphatic carbocycles. The molecule has 0 aliphatic rings. The van der Waals surface area contributed by atoms with Crippen molar-refractivity contribution in [1.82, 2.24) is 5.32 Å². The van der Waals surface area contributed by atoms with Crippen molar-refractivity contribution in [2.24, 2.45) is 11.7 Å². The van der Waals surface area contributed by atoms with E-state index >= 15 is 0 Å². The molecule has 3 nitrogen and oxygen atoms in total. The Morgan fingerprint density at radius 2 is 2.11 bits per heavy atom. The lowest BCUT2D eigenvalue weighted by atomic mass is 10.0. The highest BCUT2D eigenvalue weighted by Crippen LogP contribution is 2.12. The third-order valence-corrected chi connectivity index (χ3v) is 2.93. The molecule has 1 atom stereocenters. The summed E-state index contributed by atoms with van der Waals surface area (Å²) >= 11 is 0. The number of benzene rings is 1. The molecule has 3 N–H and O–H groups in total. The van der Waals surface area contributed by atoms with Crippen LogP contribution in [0.5, 0.6) is 5.75 Å².